The molecule has 1 aliphatic heterocycles. The Morgan fingerprint density at radius 1 is 1.17 bits per heavy atom. The van der Waals surface area contributed by atoms with Crippen LogP contribution < -0.4 is 11.2 Å². The summed E-state index contributed by atoms with van der Waals surface area (Å²) >= 11 is 0. The summed E-state index contributed by atoms with van der Waals surface area (Å²) in [5.74, 6) is 0. The van der Waals surface area contributed by atoms with Crippen LogP contribution in [0.25, 0.3) is 0 Å². The maximum Gasteiger partial charge on any atom is 0.490 e. The maximum atomic E-state index is 11.9. The zero-order valence-corrected chi connectivity index (χ0v) is 20.1. The first-order valence-corrected chi connectivity index (χ1v) is 12.0. The smallest absolute Gasteiger partial charge is 0.390 e. The van der Waals surface area contributed by atoms with Crippen molar-refractivity contribution in [3.05, 3.63) is 32.6 Å². The molecule has 1 aliphatic rings. The summed E-state index contributed by atoms with van der Waals surface area (Å²) < 4.78 is 51.3. The Morgan fingerprint density at radius 3 is 2.33 bits per heavy atom. The zero-order valence-electron chi connectivity index (χ0n) is 15.4. The van der Waals surface area contributed by atoms with E-state index in [9.17, 15) is 33.3 Å². The normalized spacial score (nSPS) is 25.9. The third-order valence-corrected chi connectivity index (χ3v) is 7.28. The molecule has 2 heterocycles. The Morgan fingerprint density at radius 2 is 1.77 bits per heavy atom. The third kappa shape index (κ3) is 8.17. The molecule has 0 bridgehead atoms. The molecule has 0 aromatic carbocycles. The van der Waals surface area contributed by atoms with E-state index in [-0.39, 0.29) is 41.5 Å². The summed E-state index contributed by atoms with van der Waals surface area (Å²) in [5, 5.41) is 9.98. The van der Waals surface area contributed by atoms with Crippen LogP contribution in [0.2, 0.25) is 0 Å². The number of hydrogen-bond donors (Lipinski definition) is 6. The van der Waals surface area contributed by atoms with Gasteiger partial charge >= 0.3 is 29.2 Å². The van der Waals surface area contributed by atoms with Crippen LogP contribution in [0.1, 0.15) is 18.2 Å². The molecule has 16 nitrogen and oxygen atoms in total. The van der Waals surface area contributed by atoms with Crippen LogP contribution in [0.15, 0.2) is 15.8 Å². The summed E-state index contributed by atoms with van der Waals surface area (Å²) in [4.78, 5) is 60.6. The van der Waals surface area contributed by atoms with Gasteiger partial charge in [-0.3, -0.25) is 18.9 Å². The van der Waals surface area contributed by atoms with Crippen LogP contribution in [0.4, 0.5) is 0 Å². The van der Waals surface area contributed by atoms with Crippen LogP contribution >= 0.6 is 23.5 Å². The molecule has 20 heteroatoms. The van der Waals surface area contributed by atoms with E-state index in [1.165, 1.54) is 13.1 Å². The van der Waals surface area contributed by atoms with Gasteiger partial charge in [0.05, 0.1) is 12.7 Å². The predicted octanol–water partition coefficient (Wildman–Crippen LogP) is -1.54. The molecule has 5 atom stereocenters. The van der Waals surface area contributed by atoms with Gasteiger partial charge < -0.3 is 29.4 Å². The van der Waals surface area contributed by atoms with E-state index in [0.717, 1.165) is 4.57 Å². The molecule has 167 valence electrons. The number of H-pyrrole nitrogens is 1. The Balaban J connectivity index is 0.00000450. The first-order chi connectivity index (χ1) is 13.1. The molecule has 0 aliphatic carbocycles. The summed E-state index contributed by atoms with van der Waals surface area (Å²) in [6.45, 7) is 0.547. The standard InChI is InChI=1S/C10H17N2O14P3.Na/c1-5-3-12(10(15)11-9(5)14)8-2-6(13)7(24-8)4-23-28(19,20)26-29(21,22)25-27(16,17)18;/h3,6-8,13H,2,4H2,1H3,(H,19,20)(H,21,22)(H,11,14,15)(H2,16,17,18);. The van der Waals surface area contributed by atoms with E-state index in [2.05, 4.69) is 13.1 Å². The molecule has 1 aromatic rings. The SMILES string of the molecule is Cc1cn(C2CC(O)C(COP(=O)(O)OP(=O)(O)OP(=O)(O)O)O2)c(=O)[nH]c1=O.[Na]. The number of aromatic amines is 1. The number of phosphoric acid groups is 3. The van der Waals surface area contributed by atoms with Crippen molar-refractivity contribution >= 4 is 53.0 Å². The van der Waals surface area contributed by atoms with Crippen molar-refractivity contribution in [1.82, 2.24) is 9.55 Å². The van der Waals surface area contributed by atoms with E-state index >= 15 is 0 Å². The summed E-state index contributed by atoms with van der Waals surface area (Å²) in [7, 11) is -16.6. The number of aryl methyl sites for hydroxylation is 1. The largest absolute Gasteiger partial charge is 0.490 e. The van der Waals surface area contributed by atoms with E-state index in [0.29, 0.717) is 0 Å². The van der Waals surface area contributed by atoms with Crippen LogP contribution in [0, 0.1) is 6.92 Å². The van der Waals surface area contributed by atoms with Gasteiger partial charge in [-0.1, -0.05) is 0 Å². The van der Waals surface area contributed by atoms with Gasteiger partial charge in [-0.15, -0.1) is 0 Å². The molecule has 1 radical (unpaired) electrons. The number of hydrogen-bond acceptors (Lipinski definition) is 10. The quantitative estimate of drug-likeness (QED) is 0.173. The molecule has 0 amide bonds. The molecule has 6 N–H and O–H groups in total. The van der Waals surface area contributed by atoms with Gasteiger partial charge in [0.1, 0.15) is 12.3 Å². The van der Waals surface area contributed by atoms with Crippen molar-refractivity contribution in [2.24, 2.45) is 0 Å². The monoisotopic (exact) mass is 505 g/mol. The first-order valence-electron chi connectivity index (χ1n) is 7.52. The number of ether oxygens (including phenoxy) is 1. The van der Waals surface area contributed by atoms with Gasteiger partial charge in [0.25, 0.3) is 5.56 Å². The summed E-state index contributed by atoms with van der Waals surface area (Å²) in [6.07, 6.45) is -2.67. The molecule has 1 aromatic heterocycles. The van der Waals surface area contributed by atoms with Gasteiger partial charge in [-0.05, 0) is 6.92 Å². The summed E-state index contributed by atoms with van der Waals surface area (Å²) in [6, 6.07) is 0. The van der Waals surface area contributed by atoms with Gasteiger partial charge in [-0.25, -0.2) is 18.5 Å². The van der Waals surface area contributed by atoms with Crippen LogP contribution in [0.3, 0.4) is 0 Å². The van der Waals surface area contributed by atoms with Gasteiger partial charge in [0, 0.05) is 47.7 Å². The van der Waals surface area contributed by atoms with Gasteiger partial charge in [0.2, 0.25) is 0 Å². The second-order valence-electron chi connectivity index (χ2n) is 5.80. The molecule has 30 heavy (non-hydrogen) atoms. The Labute approximate surface area is 189 Å². The van der Waals surface area contributed by atoms with E-state index in [1.807, 2.05) is 4.98 Å². The van der Waals surface area contributed by atoms with Crippen LogP contribution in [0.5, 0.6) is 0 Å². The topological polar surface area (TPSA) is 244 Å². The molecule has 5 unspecified atom stereocenters. The van der Waals surface area contributed by atoms with Crippen LogP contribution in [-0.2, 0) is 31.6 Å². The molecule has 0 saturated carbocycles. The van der Waals surface area contributed by atoms with Crippen molar-refractivity contribution in [2.75, 3.05) is 6.61 Å². The van der Waals surface area contributed by atoms with E-state index in [1.54, 1.807) is 0 Å². The number of nitrogens with one attached hydrogen (secondary N) is 1. The molecular weight excluding hydrogens is 488 g/mol. The number of rotatable bonds is 8. The minimum absolute atomic E-state index is 0. The second-order valence-corrected chi connectivity index (χ2v) is 10.2. The maximum absolute atomic E-state index is 11.9. The number of aliphatic hydroxyl groups excluding tert-OH is 1. The number of phosphoric ester groups is 1. The number of aliphatic hydroxyl groups is 1. The third-order valence-electron chi connectivity index (χ3n) is 3.48. The average Bonchev–Trinajstić information content (AvgIpc) is 2.86. The fraction of sp³-hybridized carbons (Fsp3) is 0.600. The van der Waals surface area contributed by atoms with E-state index < -0.39 is 59.8 Å². The fourth-order valence-corrected chi connectivity index (χ4v) is 5.34. The molecule has 1 fully saturated rings. The van der Waals surface area contributed by atoms with Crippen LogP contribution in [-0.4, -0.2) is 82.6 Å². The van der Waals surface area contributed by atoms with Gasteiger partial charge in [0.15, 0.2) is 0 Å². The van der Waals surface area contributed by atoms with Crippen molar-refractivity contribution in [1.29, 1.82) is 0 Å². The van der Waals surface area contributed by atoms with Crippen molar-refractivity contribution in [2.45, 2.75) is 31.8 Å². The van der Waals surface area contributed by atoms with Crippen molar-refractivity contribution in [3.63, 3.8) is 0 Å². The number of nitrogens with zero attached hydrogens (tertiary/aromatic N) is 1. The summed E-state index contributed by atoms with van der Waals surface area (Å²) in [5.41, 5.74) is -1.26. The Bertz CT molecular complexity index is 1020. The molecular formula is C10H17N2NaO14P3. The minimum Gasteiger partial charge on any atom is -0.390 e. The Hall–Kier alpha value is 0.01000. The molecule has 2 rings (SSSR count). The fourth-order valence-electron chi connectivity index (χ4n) is 2.31. The van der Waals surface area contributed by atoms with Crippen molar-refractivity contribution < 1.29 is 56.3 Å². The van der Waals surface area contributed by atoms with E-state index in [4.69, 9.17) is 19.4 Å². The second kappa shape index (κ2) is 10.3. The zero-order chi connectivity index (χ0) is 22.2. The molecule has 1 saturated heterocycles. The molecule has 0 spiro atoms. The predicted molar refractivity (Wildman–Crippen MR) is 96.2 cm³/mol. The minimum atomic E-state index is -5.67. The van der Waals surface area contributed by atoms with Gasteiger partial charge in [-0.2, -0.15) is 8.62 Å². The Kier molecular flexibility index (Phi) is 9.63. The van der Waals surface area contributed by atoms with Crippen molar-refractivity contribution in [3.8, 4) is 0 Å². The first kappa shape index (κ1) is 28.0. The number of aromatic nitrogens is 2. The average molecular weight is 505 g/mol.